The molecule has 2 heterocycles. The van der Waals surface area contributed by atoms with E-state index in [-0.39, 0.29) is 6.79 Å². The van der Waals surface area contributed by atoms with Crippen molar-refractivity contribution >= 4 is 5.82 Å². The summed E-state index contributed by atoms with van der Waals surface area (Å²) >= 11 is 0. The lowest BCUT2D eigenvalue weighted by molar-refractivity contribution is 0.174. The van der Waals surface area contributed by atoms with Gasteiger partial charge >= 0.3 is 0 Å². The molecule has 18 heavy (non-hydrogen) atoms. The zero-order valence-corrected chi connectivity index (χ0v) is 9.71. The summed E-state index contributed by atoms with van der Waals surface area (Å²) < 4.78 is 15.9. The Kier molecular flexibility index (Phi) is 2.40. The van der Waals surface area contributed by atoms with Gasteiger partial charge in [0.1, 0.15) is 11.6 Å². The smallest absolute Gasteiger partial charge is 0.231 e. The number of nitrogens with two attached hydrogens (primary N) is 1. The topological polar surface area (TPSA) is 79.5 Å². The van der Waals surface area contributed by atoms with E-state index in [0.29, 0.717) is 28.8 Å². The average molecular weight is 245 g/mol. The van der Waals surface area contributed by atoms with Gasteiger partial charge in [0.25, 0.3) is 0 Å². The summed E-state index contributed by atoms with van der Waals surface area (Å²) in [5.74, 6) is 2.31. The van der Waals surface area contributed by atoms with Gasteiger partial charge < -0.3 is 19.9 Å². The molecule has 0 unspecified atom stereocenters. The van der Waals surface area contributed by atoms with Crippen LogP contribution in [-0.4, -0.2) is 23.9 Å². The maximum atomic E-state index is 5.63. The van der Waals surface area contributed by atoms with Gasteiger partial charge in [-0.25, -0.2) is 4.98 Å². The molecular weight excluding hydrogens is 234 g/mol. The molecule has 0 saturated heterocycles. The summed E-state index contributed by atoms with van der Waals surface area (Å²) in [6.45, 7) is 0.213. The van der Waals surface area contributed by atoms with Crippen LogP contribution in [0.25, 0.3) is 11.3 Å². The molecule has 0 fully saturated rings. The maximum Gasteiger partial charge on any atom is 0.231 e. The Hall–Kier alpha value is -2.50. The van der Waals surface area contributed by atoms with Crippen LogP contribution in [-0.2, 0) is 0 Å². The molecule has 0 bridgehead atoms. The number of fused-ring (bicyclic) bond motifs is 1. The first kappa shape index (κ1) is 10.6. The number of nitrogen functional groups attached to an aromatic ring is 1. The molecule has 3 rings (SSSR count). The second-order valence-corrected chi connectivity index (χ2v) is 3.73. The summed E-state index contributed by atoms with van der Waals surface area (Å²) in [6.07, 6.45) is 3.11. The Morgan fingerprint density at radius 3 is 2.72 bits per heavy atom. The van der Waals surface area contributed by atoms with Crippen LogP contribution in [0.3, 0.4) is 0 Å². The Balaban J connectivity index is 2.16. The summed E-state index contributed by atoms with van der Waals surface area (Å²) in [5.41, 5.74) is 7.02. The Morgan fingerprint density at radius 1 is 1.22 bits per heavy atom. The van der Waals surface area contributed by atoms with Crippen LogP contribution in [0, 0.1) is 0 Å². The number of hydrogen-bond acceptors (Lipinski definition) is 6. The predicted octanol–water partition coefficient (Wildman–Crippen LogP) is 1.46. The second kappa shape index (κ2) is 4.06. The number of nitrogens with zero attached hydrogens (tertiary/aromatic N) is 2. The van der Waals surface area contributed by atoms with E-state index in [1.165, 1.54) is 6.20 Å². The van der Waals surface area contributed by atoms with E-state index in [1.807, 2.05) is 6.07 Å². The van der Waals surface area contributed by atoms with Crippen LogP contribution in [0.2, 0.25) is 0 Å². The lowest BCUT2D eigenvalue weighted by atomic mass is 10.1. The van der Waals surface area contributed by atoms with Gasteiger partial charge in [0.2, 0.25) is 6.79 Å². The molecule has 0 radical (unpaired) electrons. The summed E-state index contributed by atoms with van der Waals surface area (Å²) in [6, 6.07) is 3.58. The molecular formula is C12H11N3O3. The van der Waals surface area contributed by atoms with Crippen LogP contribution >= 0.6 is 0 Å². The SMILES string of the molecule is COc1cc2c(cc1-c1cncc(N)n1)OCO2. The fourth-order valence-electron chi connectivity index (χ4n) is 1.80. The van der Waals surface area contributed by atoms with E-state index in [4.69, 9.17) is 19.9 Å². The average Bonchev–Trinajstić information content (AvgIpc) is 2.84. The molecule has 0 atom stereocenters. The first-order valence-corrected chi connectivity index (χ1v) is 5.33. The third kappa shape index (κ3) is 1.67. The minimum Gasteiger partial charge on any atom is -0.496 e. The quantitative estimate of drug-likeness (QED) is 0.862. The van der Waals surface area contributed by atoms with Crippen molar-refractivity contribution in [3.8, 4) is 28.5 Å². The van der Waals surface area contributed by atoms with Crippen molar-refractivity contribution < 1.29 is 14.2 Å². The monoisotopic (exact) mass is 245 g/mol. The van der Waals surface area contributed by atoms with Crippen molar-refractivity contribution in [2.75, 3.05) is 19.6 Å². The Morgan fingerprint density at radius 2 is 2.00 bits per heavy atom. The lowest BCUT2D eigenvalue weighted by Gasteiger charge is -2.09. The molecule has 6 nitrogen and oxygen atoms in total. The van der Waals surface area contributed by atoms with Gasteiger partial charge in [-0.05, 0) is 6.07 Å². The molecule has 1 aromatic carbocycles. The Bertz CT molecular complexity index is 601. The Labute approximate surface area is 103 Å². The number of anilines is 1. The summed E-state index contributed by atoms with van der Waals surface area (Å²) in [4.78, 5) is 8.23. The van der Waals surface area contributed by atoms with Crippen molar-refractivity contribution in [3.05, 3.63) is 24.5 Å². The highest BCUT2D eigenvalue weighted by Crippen LogP contribution is 2.41. The number of ether oxygens (including phenoxy) is 3. The van der Waals surface area contributed by atoms with Crippen LogP contribution in [0.5, 0.6) is 17.2 Å². The van der Waals surface area contributed by atoms with E-state index < -0.39 is 0 Å². The van der Waals surface area contributed by atoms with Gasteiger partial charge in [-0.15, -0.1) is 0 Å². The van der Waals surface area contributed by atoms with Crippen LogP contribution < -0.4 is 19.9 Å². The largest absolute Gasteiger partial charge is 0.496 e. The fourth-order valence-corrected chi connectivity index (χ4v) is 1.80. The number of methoxy groups -OCH3 is 1. The van der Waals surface area contributed by atoms with Gasteiger partial charge in [-0.1, -0.05) is 0 Å². The molecule has 0 amide bonds. The molecule has 0 spiro atoms. The van der Waals surface area contributed by atoms with Gasteiger partial charge in [-0.2, -0.15) is 0 Å². The van der Waals surface area contributed by atoms with Crippen molar-refractivity contribution in [1.29, 1.82) is 0 Å². The van der Waals surface area contributed by atoms with Gasteiger partial charge in [0.05, 0.1) is 25.2 Å². The number of rotatable bonds is 2. The normalized spacial score (nSPS) is 12.5. The third-order valence-corrected chi connectivity index (χ3v) is 2.62. The van der Waals surface area contributed by atoms with Crippen molar-refractivity contribution in [2.24, 2.45) is 0 Å². The van der Waals surface area contributed by atoms with E-state index in [2.05, 4.69) is 9.97 Å². The maximum absolute atomic E-state index is 5.63. The third-order valence-electron chi connectivity index (χ3n) is 2.62. The molecule has 1 aliphatic heterocycles. The van der Waals surface area contributed by atoms with E-state index in [0.717, 1.165) is 5.56 Å². The minimum absolute atomic E-state index is 0.213. The molecule has 2 N–H and O–H groups in total. The van der Waals surface area contributed by atoms with E-state index in [9.17, 15) is 0 Å². The molecule has 6 heteroatoms. The first-order chi connectivity index (χ1) is 8.78. The number of aromatic nitrogens is 2. The summed E-state index contributed by atoms with van der Waals surface area (Å²) in [7, 11) is 1.58. The second-order valence-electron chi connectivity index (χ2n) is 3.73. The zero-order valence-electron chi connectivity index (χ0n) is 9.71. The van der Waals surface area contributed by atoms with Crippen molar-refractivity contribution in [3.63, 3.8) is 0 Å². The highest BCUT2D eigenvalue weighted by molar-refractivity contribution is 5.72. The van der Waals surface area contributed by atoms with Gasteiger partial charge in [0.15, 0.2) is 11.5 Å². The van der Waals surface area contributed by atoms with E-state index >= 15 is 0 Å². The summed E-state index contributed by atoms with van der Waals surface area (Å²) in [5, 5.41) is 0. The molecule has 1 aliphatic rings. The van der Waals surface area contributed by atoms with Gasteiger partial charge in [-0.3, -0.25) is 4.98 Å². The molecule has 0 saturated carbocycles. The highest BCUT2D eigenvalue weighted by Gasteiger charge is 2.19. The molecule has 1 aromatic heterocycles. The fraction of sp³-hybridized carbons (Fsp3) is 0.167. The predicted molar refractivity (Wildman–Crippen MR) is 64.6 cm³/mol. The van der Waals surface area contributed by atoms with Crippen molar-refractivity contribution in [2.45, 2.75) is 0 Å². The standard InChI is InChI=1S/C12H11N3O3/c1-16-9-3-11-10(17-6-18-11)2-7(9)8-4-14-5-12(13)15-8/h2-5H,6H2,1H3,(H2,13,15). The first-order valence-electron chi connectivity index (χ1n) is 5.33. The van der Waals surface area contributed by atoms with Crippen molar-refractivity contribution in [1.82, 2.24) is 9.97 Å². The number of benzene rings is 1. The van der Waals surface area contributed by atoms with Crippen LogP contribution in [0.15, 0.2) is 24.5 Å². The molecule has 2 aromatic rings. The molecule has 0 aliphatic carbocycles. The highest BCUT2D eigenvalue weighted by atomic mass is 16.7. The van der Waals surface area contributed by atoms with Gasteiger partial charge in [0, 0.05) is 11.6 Å². The molecule has 92 valence electrons. The van der Waals surface area contributed by atoms with Crippen LogP contribution in [0.4, 0.5) is 5.82 Å². The van der Waals surface area contributed by atoms with Crippen LogP contribution in [0.1, 0.15) is 0 Å². The zero-order chi connectivity index (χ0) is 12.5. The minimum atomic E-state index is 0.213. The number of hydrogen-bond donors (Lipinski definition) is 1. The van der Waals surface area contributed by atoms with E-state index in [1.54, 1.807) is 19.4 Å². The lowest BCUT2D eigenvalue weighted by Crippen LogP contribution is -1.95.